The molecule has 0 saturated carbocycles. The first-order chi connectivity index (χ1) is 14.1. The number of rotatable bonds is 5. The van der Waals surface area contributed by atoms with Crippen molar-refractivity contribution in [2.45, 2.75) is 18.9 Å². The molecule has 2 aliphatic heterocycles. The van der Waals surface area contributed by atoms with Crippen molar-refractivity contribution in [1.82, 2.24) is 0 Å². The van der Waals surface area contributed by atoms with E-state index in [1.165, 1.54) is 0 Å². The summed E-state index contributed by atoms with van der Waals surface area (Å²) in [6, 6.07) is 12.6. The number of carbonyl (C=O) groups excluding carboxylic acids is 2. The lowest BCUT2D eigenvalue weighted by molar-refractivity contribution is -0.161. The van der Waals surface area contributed by atoms with Gasteiger partial charge in [-0.3, -0.25) is 0 Å². The molecule has 7 nitrogen and oxygen atoms in total. The van der Waals surface area contributed by atoms with Crippen molar-refractivity contribution in [3.05, 3.63) is 59.2 Å². The number of fused-ring (bicyclic) bond motifs is 1. The summed E-state index contributed by atoms with van der Waals surface area (Å²) in [4.78, 5) is 25.2. The van der Waals surface area contributed by atoms with E-state index in [4.69, 9.17) is 23.7 Å². The highest BCUT2D eigenvalue weighted by molar-refractivity contribution is 6.01. The third kappa shape index (κ3) is 3.63. The van der Waals surface area contributed by atoms with Crippen LogP contribution in [0, 0.1) is 0 Å². The van der Waals surface area contributed by atoms with Gasteiger partial charge in [0.15, 0.2) is 11.5 Å². The molecule has 0 bridgehead atoms. The van der Waals surface area contributed by atoms with Crippen molar-refractivity contribution >= 4 is 18.0 Å². The first kappa shape index (κ1) is 18.9. The van der Waals surface area contributed by atoms with Crippen molar-refractivity contribution in [1.29, 1.82) is 0 Å². The number of cyclic esters (lactones) is 1. The molecule has 2 aliphatic rings. The number of ether oxygens (including phenoxy) is 5. The van der Waals surface area contributed by atoms with E-state index in [1.807, 2.05) is 12.1 Å². The Balaban J connectivity index is 1.76. The number of hydrogen-bond donors (Lipinski definition) is 0. The number of hydrogen-bond acceptors (Lipinski definition) is 7. The average molecular weight is 396 g/mol. The van der Waals surface area contributed by atoms with Gasteiger partial charge in [0, 0.05) is 5.57 Å². The Morgan fingerprint density at radius 3 is 2.62 bits per heavy atom. The average Bonchev–Trinajstić information content (AvgIpc) is 3.33. The van der Waals surface area contributed by atoms with Crippen LogP contribution < -0.4 is 14.2 Å². The van der Waals surface area contributed by atoms with E-state index < -0.39 is 24.0 Å². The maximum atomic E-state index is 12.7. The van der Waals surface area contributed by atoms with E-state index in [-0.39, 0.29) is 13.4 Å². The lowest BCUT2D eigenvalue weighted by Crippen LogP contribution is -2.28. The van der Waals surface area contributed by atoms with Crippen LogP contribution >= 0.6 is 0 Å². The maximum Gasteiger partial charge on any atom is 0.348 e. The van der Waals surface area contributed by atoms with Crippen LogP contribution in [0.25, 0.3) is 6.08 Å². The Morgan fingerprint density at radius 2 is 1.90 bits per heavy atom. The second kappa shape index (κ2) is 7.87. The Kier molecular flexibility index (Phi) is 5.12. The number of methoxy groups -OCH3 is 1. The van der Waals surface area contributed by atoms with Gasteiger partial charge < -0.3 is 23.7 Å². The zero-order valence-electron chi connectivity index (χ0n) is 16.0. The fraction of sp³-hybridized carbons (Fsp3) is 0.273. The van der Waals surface area contributed by atoms with Gasteiger partial charge in [0.1, 0.15) is 5.75 Å². The van der Waals surface area contributed by atoms with Gasteiger partial charge in [-0.2, -0.15) is 0 Å². The molecule has 1 saturated heterocycles. The molecule has 0 aliphatic carbocycles. The van der Waals surface area contributed by atoms with Gasteiger partial charge in [0.05, 0.1) is 19.6 Å². The van der Waals surface area contributed by atoms with E-state index in [2.05, 4.69) is 0 Å². The van der Waals surface area contributed by atoms with Gasteiger partial charge in [-0.15, -0.1) is 0 Å². The van der Waals surface area contributed by atoms with Gasteiger partial charge in [-0.05, 0) is 48.4 Å². The Labute approximate surface area is 167 Å². The van der Waals surface area contributed by atoms with Gasteiger partial charge in [0.25, 0.3) is 0 Å². The molecule has 7 heteroatoms. The highest BCUT2D eigenvalue weighted by Gasteiger charge is 2.46. The smallest absolute Gasteiger partial charge is 0.348 e. The zero-order chi connectivity index (χ0) is 20.4. The fourth-order valence-electron chi connectivity index (χ4n) is 3.44. The summed E-state index contributed by atoms with van der Waals surface area (Å²) < 4.78 is 26.5. The highest BCUT2D eigenvalue weighted by Crippen LogP contribution is 2.42. The monoisotopic (exact) mass is 396 g/mol. The molecular formula is C22H20O7. The molecule has 0 aromatic heterocycles. The van der Waals surface area contributed by atoms with Crippen molar-refractivity contribution in [3.63, 3.8) is 0 Å². The minimum absolute atomic E-state index is 0.134. The van der Waals surface area contributed by atoms with Crippen molar-refractivity contribution in [2.75, 3.05) is 20.5 Å². The third-order valence-electron chi connectivity index (χ3n) is 4.82. The van der Waals surface area contributed by atoms with Crippen LogP contribution in [0.3, 0.4) is 0 Å². The Bertz CT molecular complexity index is 962. The second-order valence-electron chi connectivity index (χ2n) is 6.54. The molecule has 29 heavy (non-hydrogen) atoms. The first-order valence-electron chi connectivity index (χ1n) is 9.23. The van der Waals surface area contributed by atoms with Crippen molar-refractivity contribution < 1.29 is 33.3 Å². The van der Waals surface area contributed by atoms with E-state index >= 15 is 0 Å². The van der Waals surface area contributed by atoms with Gasteiger partial charge >= 0.3 is 11.9 Å². The molecule has 1 fully saturated rings. The van der Waals surface area contributed by atoms with Crippen molar-refractivity contribution in [3.8, 4) is 17.2 Å². The molecule has 2 aromatic carbocycles. The van der Waals surface area contributed by atoms with Crippen LogP contribution in [-0.4, -0.2) is 38.6 Å². The van der Waals surface area contributed by atoms with E-state index in [9.17, 15) is 9.59 Å². The predicted molar refractivity (Wildman–Crippen MR) is 103 cm³/mol. The first-order valence-corrected chi connectivity index (χ1v) is 9.23. The molecule has 0 N–H and O–H groups in total. The molecular weight excluding hydrogens is 376 g/mol. The molecule has 0 radical (unpaired) electrons. The molecule has 150 valence electrons. The number of esters is 2. The Morgan fingerprint density at radius 1 is 1.14 bits per heavy atom. The highest BCUT2D eigenvalue weighted by atomic mass is 16.7. The number of carbonyl (C=O) groups is 2. The fourth-order valence-corrected chi connectivity index (χ4v) is 3.44. The molecule has 2 heterocycles. The molecule has 0 amide bonds. The Hall–Kier alpha value is -3.48. The summed E-state index contributed by atoms with van der Waals surface area (Å²) in [7, 11) is 1.58. The van der Waals surface area contributed by atoms with Crippen molar-refractivity contribution in [2.24, 2.45) is 0 Å². The van der Waals surface area contributed by atoms with Crippen LogP contribution in [0.4, 0.5) is 0 Å². The van der Waals surface area contributed by atoms with E-state index in [1.54, 1.807) is 50.4 Å². The number of benzene rings is 2. The topological polar surface area (TPSA) is 80.3 Å². The van der Waals surface area contributed by atoms with Gasteiger partial charge in [-0.25, -0.2) is 9.59 Å². The molecule has 2 atom stereocenters. The predicted octanol–water partition coefficient (Wildman–Crippen LogP) is 3.08. The largest absolute Gasteiger partial charge is 0.497 e. The van der Waals surface area contributed by atoms with Gasteiger partial charge in [-0.1, -0.05) is 18.2 Å². The van der Waals surface area contributed by atoms with Crippen LogP contribution in [0.15, 0.2) is 48.0 Å². The van der Waals surface area contributed by atoms with Crippen LogP contribution in [0.5, 0.6) is 17.2 Å². The zero-order valence-corrected chi connectivity index (χ0v) is 16.0. The van der Waals surface area contributed by atoms with Crippen LogP contribution in [-0.2, 0) is 19.1 Å². The van der Waals surface area contributed by atoms with Gasteiger partial charge in [0.2, 0.25) is 12.9 Å². The minimum Gasteiger partial charge on any atom is -0.497 e. The second-order valence-corrected chi connectivity index (χ2v) is 6.54. The summed E-state index contributed by atoms with van der Waals surface area (Å²) >= 11 is 0. The molecule has 0 spiro atoms. The van der Waals surface area contributed by atoms with E-state index in [0.717, 1.165) is 5.56 Å². The summed E-state index contributed by atoms with van der Waals surface area (Å²) in [6.07, 6.45) is 0.656. The summed E-state index contributed by atoms with van der Waals surface area (Å²) in [5.74, 6) is 0.125. The molecule has 4 rings (SSSR count). The van der Waals surface area contributed by atoms with E-state index in [0.29, 0.717) is 28.4 Å². The minimum atomic E-state index is -1.06. The quantitative estimate of drug-likeness (QED) is 0.568. The maximum absolute atomic E-state index is 12.7. The lowest BCUT2D eigenvalue weighted by Gasteiger charge is -2.17. The summed E-state index contributed by atoms with van der Waals surface area (Å²) in [6.45, 7) is 2.03. The van der Waals surface area contributed by atoms with Crippen LogP contribution in [0.2, 0.25) is 0 Å². The summed E-state index contributed by atoms with van der Waals surface area (Å²) in [5.41, 5.74) is 1.86. The SMILES string of the molecule is CCOC(=O)[C@H]1OC(=O)/C(=C/c2ccc(OC)cc2)[C@H]1c1ccc2c(c1)OCO2. The third-order valence-corrected chi connectivity index (χ3v) is 4.82. The molecule has 0 unspecified atom stereocenters. The standard InChI is InChI=1S/C22H20O7/c1-3-26-22(24)20-19(14-6-9-17-18(11-14)28-12-27-17)16(21(23)29-20)10-13-4-7-15(25-2)8-5-13/h4-11,19-20H,3,12H2,1-2H3/b16-10+/t19-,20+/m1/s1. The summed E-state index contributed by atoms with van der Waals surface area (Å²) in [5, 5.41) is 0. The molecule has 2 aromatic rings. The van der Waals surface area contributed by atoms with Crippen LogP contribution in [0.1, 0.15) is 24.0 Å². The lowest BCUT2D eigenvalue weighted by atomic mass is 9.87. The normalized spacial score (nSPS) is 21.2.